The summed E-state index contributed by atoms with van der Waals surface area (Å²) >= 11 is 0. The number of fused-ring (bicyclic) bond motifs is 1. The van der Waals surface area contributed by atoms with Crippen molar-refractivity contribution in [1.29, 1.82) is 0 Å². The van der Waals surface area contributed by atoms with Crippen LogP contribution in [0.25, 0.3) is 11.0 Å². The minimum Gasteiger partial charge on any atom is -0.508 e. The summed E-state index contributed by atoms with van der Waals surface area (Å²) in [6.45, 7) is 1.86. The Labute approximate surface area is 147 Å². The van der Waals surface area contributed by atoms with Gasteiger partial charge in [-0.3, -0.25) is 4.79 Å². The molecule has 0 atom stereocenters. The maximum absolute atomic E-state index is 13.1. The molecule has 25 heavy (non-hydrogen) atoms. The van der Waals surface area contributed by atoms with E-state index < -0.39 is 0 Å². The molecule has 0 aliphatic rings. The highest BCUT2D eigenvalue weighted by Crippen LogP contribution is 2.37. The molecule has 0 bridgehead atoms. The molecule has 0 aliphatic heterocycles. The second kappa shape index (κ2) is 6.24. The average molecular weight is 336 g/mol. The number of ether oxygens (including phenoxy) is 1. The number of aryl methyl sites for hydroxylation is 1. The van der Waals surface area contributed by atoms with E-state index in [1.54, 1.807) is 47.1 Å². The minimum absolute atomic E-state index is 0.0365. The SMILES string of the molecule is Bc1c(B)c(O)c2c(C(=O)c3ccc(OC)cc3)c(CC)oc2c1O. The lowest BCUT2D eigenvalue weighted by Crippen LogP contribution is -2.26. The average Bonchev–Trinajstić information content (AvgIpc) is 3.04. The van der Waals surface area contributed by atoms with Crippen molar-refractivity contribution in [2.75, 3.05) is 7.11 Å². The number of phenols is 2. The molecule has 5 nitrogen and oxygen atoms in total. The molecule has 126 valence electrons. The normalized spacial score (nSPS) is 11.0. The molecule has 3 rings (SSSR count). The van der Waals surface area contributed by atoms with Crippen molar-refractivity contribution in [2.45, 2.75) is 13.3 Å². The van der Waals surface area contributed by atoms with Gasteiger partial charge < -0.3 is 19.4 Å². The lowest BCUT2D eigenvalue weighted by molar-refractivity contribution is 0.103. The summed E-state index contributed by atoms with van der Waals surface area (Å²) < 4.78 is 10.8. The smallest absolute Gasteiger partial charge is 0.197 e. The molecule has 7 heteroatoms. The fraction of sp³-hybridized carbons (Fsp3) is 0.167. The predicted octanol–water partition coefficient (Wildman–Crippen LogP) is 0.163. The number of carbonyl (C=O) groups is 1. The van der Waals surface area contributed by atoms with Crippen LogP contribution in [0, 0.1) is 0 Å². The highest BCUT2D eigenvalue weighted by atomic mass is 16.5. The number of benzene rings is 2. The summed E-state index contributed by atoms with van der Waals surface area (Å²) in [7, 11) is 4.95. The summed E-state index contributed by atoms with van der Waals surface area (Å²) in [5.74, 6) is 0.735. The number of phenolic OH excluding ortho intramolecular Hbond substituents is 2. The van der Waals surface area contributed by atoms with Crippen LogP contribution in [0.4, 0.5) is 0 Å². The van der Waals surface area contributed by atoms with Gasteiger partial charge in [-0.1, -0.05) is 6.92 Å². The Morgan fingerprint density at radius 1 is 1.12 bits per heavy atom. The number of rotatable bonds is 4. The first-order chi connectivity index (χ1) is 11.9. The highest BCUT2D eigenvalue weighted by Gasteiger charge is 2.27. The van der Waals surface area contributed by atoms with Gasteiger partial charge in [0.05, 0.1) is 18.1 Å². The summed E-state index contributed by atoms with van der Waals surface area (Å²) in [4.78, 5) is 13.1. The lowest BCUT2D eigenvalue weighted by Gasteiger charge is -2.09. The predicted molar refractivity (Wildman–Crippen MR) is 102 cm³/mol. The second-order valence-corrected chi connectivity index (χ2v) is 5.96. The fourth-order valence-corrected chi connectivity index (χ4v) is 2.96. The van der Waals surface area contributed by atoms with E-state index in [1.807, 2.05) is 6.92 Å². The number of ketones is 1. The van der Waals surface area contributed by atoms with E-state index in [0.29, 0.717) is 40.0 Å². The molecule has 0 saturated carbocycles. The van der Waals surface area contributed by atoms with Crippen LogP contribution in [-0.4, -0.2) is 38.8 Å². The monoisotopic (exact) mass is 336 g/mol. The third kappa shape index (κ3) is 2.56. The Hall–Kier alpha value is -2.82. The van der Waals surface area contributed by atoms with Crippen molar-refractivity contribution in [3.8, 4) is 17.2 Å². The van der Waals surface area contributed by atoms with Gasteiger partial charge in [-0.15, -0.1) is 0 Å². The van der Waals surface area contributed by atoms with Crippen molar-refractivity contribution in [1.82, 2.24) is 0 Å². The van der Waals surface area contributed by atoms with Gasteiger partial charge in [-0.2, -0.15) is 0 Å². The lowest BCUT2D eigenvalue weighted by atomic mass is 9.78. The molecule has 2 aromatic carbocycles. The first-order valence-electron chi connectivity index (χ1n) is 8.05. The Bertz CT molecular complexity index is 974. The van der Waals surface area contributed by atoms with E-state index in [0.717, 1.165) is 0 Å². The van der Waals surface area contributed by atoms with Crippen molar-refractivity contribution >= 4 is 43.4 Å². The molecule has 0 aliphatic carbocycles. The molecule has 0 amide bonds. The zero-order valence-corrected chi connectivity index (χ0v) is 14.6. The quantitative estimate of drug-likeness (QED) is 0.403. The van der Waals surface area contributed by atoms with Gasteiger partial charge in [0.1, 0.15) is 33.0 Å². The molecule has 0 saturated heterocycles. The Morgan fingerprint density at radius 3 is 2.28 bits per heavy atom. The summed E-state index contributed by atoms with van der Waals surface area (Å²) in [6.07, 6.45) is 0.461. The number of methoxy groups -OCH3 is 1. The van der Waals surface area contributed by atoms with Crippen molar-refractivity contribution < 1.29 is 24.2 Å². The van der Waals surface area contributed by atoms with Crippen molar-refractivity contribution in [2.24, 2.45) is 0 Å². The van der Waals surface area contributed by atoms with E-state index >= 15 is 0 Å². The van der Waals surface area contributed by atoms with E-state index in [2.05, 4.69) is 0 Å². The number of hydrogen-bond donors (Lipinski definition) is 2. The van der Waals surface area contributed by atoms with E-state index in [1.165, 1.54) is 0 Å². The van der Waals surface area contributed by atoms with Gasteiger partial charge in [0.25, 0.3) is 0 Å². The van der Waals surface area contributed by atoms with Gasteiger partial charge in [-0.05, 0) is 35.2 Å². The van der Waals surface area contributed by atoms with Gasteiger partial charge >= 0.3 is 0 Å². The van der Waals surface area contributed by atoms with Gasteiger partial charge in [0.15, 0.2) is 17.1 Å². The first-order valence-corrected chi connectivity index (χ1v) is 8.05. The van der Waals surface area contributed by atoms with Crippen LogP contribution < -0.4 is 15.7 Å². The van der Waals surface area contributed by atoms with Crippen LogP contribution in [-0.2, 0) is 6.42 Å². The van der Waals surface area contributed by atoms with Gasteiger partial charge in [0.2, 0.25) is 0 Å². The molecule has 1 aromatic heterocycles. The number of hydrogen-bond acceptors (Lipinski definition) is 5. The first kappa shape index (κ1) is 17.0. The Morgan fingerprint density at radius 2 is 1.72 bits per heavy atom. The molecular formula is C18H18B2O5. The zero-order chi connectivity index (χ0) is 18.3. The van der Waals surface area contributed by atoms with Crippen LogP contribution in [0.15, 0.2) is 28.7 Å². The van der Waals surface area contributed by atoms with Crippen molar-refractivity contribution in [3.63, 3.8) is 0 Å². The molecule has 1 heterocycles. The number of aromatic hydroxyl groups is 2. The maximum atomic E-state index is 13.1. The maximum Gasteiger partial charge on any atom is 0.197 e. The van der Waals surface area contributed by atoms with E-state index in [4.69, 9.17) is 9.15 Å². The van der Waals surface area contributed by atoms with Crippen LogP contribution in [0.1, 0.15) is 28.6 Å². The molecular weight excluding hydrogens is 318 g/mol. The summed E-state index contributed by atoms with van der Waals surface area (Å²) in [5, 5.41) is 21.2. The second-order valence-electron chi connectivity index (χ2n) is 5.96. The van der Waals surface area contributed by atoms with Gasteiger partial charge in [0, 0.05) is 12.0 Å². The fourth-order valence-electron chi connectivity index (χ4n) is 2.96. The topological polar surface area (TPSA) is 79.9 Å². The van der Waals surface area contributed by atoms with Gasteiger partial charge in [-0.25, -0.2) is 0 Å². The molecule has 2 N–H and O–H groups in total. The number of carbonyl (C=O) groups excluding carboxylic acids is 1. The molecule has 0 unspecified atom stereocenters. The Balaban J connectivity index is 2.28. The molecule has 0 spiro atoms. The van der Waals surface area contributed by atoms with E-state index in [-0.39, 0.29) is 28.3 Å². The zero-order valence-electron chi connectivity index (χ0n) is 14.6. The largest absolute Gasteiger partial charge is 0.508 e. The summed E-state index contributed by atoms with van der Waals surface area (Å²) in [6, 6.07) is 6.73. The van der Waals surface area contributed by atoms with Crippen LogP contribution in [0.5, 0.6) is 17.2 Å². The molecule has 3 aromatic rings. The molecule has 0 radical (unpaired) electrons. The number of furan rings is 1. The minimum atomic E-state index is -0.267. The highest BCUT2D eigenvalue weighted by molar-refractivity contribution is 6.52. The third-order valence-corrected chi connectivity index (χ3v) is 4.61. The summed E-state index contributed by atoms with van der Waals surface area (Å²) in [5.41, 5.74) is 1.95. The third-order valence-electron chi connectivity index (χ3n) is 4.61. The van der Waals surface area contributed by atoms with Crippen LogP contribution in [0.2, 0.25) is 0 Å². The van der Waals surface area contributed by atoms with Crippen LogP contribution in [0.3, 0.4) is 0 Å². The standard InChI is InChI=1S/C18H18B2O5/c1-3-10-11(15(21)8-4-6-9(24-2)7-5-8)12-16(22)13(19)14(20)17(23)18(12)25-10/h4-7,22-23H,3,19-20H2,1-2H3. The van der Waals surface area contributed by atoms with Crippen molar-refractivity contribution in [3.05, 3.63) is 41.2 Å². The molecule has 0 fully saturated rings. The Kier molecular flexibility index (Phi) is 4.25. The van der Waals surface area contributed by atoms with E-state index in [9.17, 15) is 15.0 Å². The van der Waals surface area contributed by atoms with Crippen LogP contribution >= 0.6 is 0 Å².